The molecular formula is C25H21F3N2O4S2. The van der Waals surface area contributed by atoms with E-state index < -0.39 is 45.8 Å². The maximum Gasteiger partial charge on any atom is 0.274 e. The lowest BCUT2D eigenvalue weighted by Gasteiger charge is -2.19. The van der Waals surface area contributed by atoms with E-state index in [1.807, 2.05) is 6.07 Å². The van der Waals surface area contributed by atoms with Crippen LogP contribution in [0.25, 0.3) is 10.8 Å². The van der Waals surface area contributed by atoms with Gasteiger partial charge in [0, 0.05) is 28.8 Å². The van der Waals surface area contributed by atoms with Crippen molar-refractivity contribution in [3.05, 3.63) is 93.5 Å². The van der Waals surface area contributed by atoms with Gasteiger partial charge >= 0.3 is 0 Å². The number of pyridine rings is 1. The number of sulfonamides is 1. The standard InChI is InChI=1S/C25H21F3N2O4S2/c26-19-10-16-8-9-29-24(31)18(16)12-20(19)30-36(32,33)23-7-6-21(35-23)17-11-22(25(27,28)13-17)34-14-15-4-2-1-3-5-15/h1-10,12,17,22,30H,11,13-14H2,(H,29,31). The fourth-order valence-corrected chi connectivity index (χ4v) is 6.83. The minimum absolute atomic E-state index is 0.0509. The molecule has 1 fully saturated rings. The first kappa shape index (κ1) is 24.5. The Bertz CT molecular complexity index is 1570. The van der Waals surface area contributed by atoms with Crippen molar-refractivity contribution < 1.29 is 26.3 Å². The lowest BCUT2D eigenvalue weighted by molar-refractivity contribution is -0.122. The van der Waals surface area contributed by atoms with Crippen LogP contribution in [0.1, 0.15) is 29.2 Å². The maximum absolute atomic E-state index is 14.7. The predicted molar refractivity (Wildman–Crippen MR) is 132 cm³/mol. The van der Waals surface area contributed by atoms with Crippen molar-refractivity contribution in [3.63, 3.8) is 0 Å². The number of H-pyrrole nitrogens is 1. The van der Waals surface area contributed by atoms with Crippen molar-refractivity contribution in [2.75, 3.05) is 4.72 Å². The van der Waals surface area contributed by atoms with Crippen LogP contribution < -0.4 is 10.3 Å². The Hall–Kier alpha value is -3.15. The number of fused-ring (bicyclic) bond motifs is 1. The number of aromatic nitrogens is 1. The lowest BCUT2D eigenvalue weighted by Crippen LogP contribution is -2.29. The highest BCUT2D eigenvalue weighted by molar-refractivity contribution is 7.94. The summed E-state index contributed by atoms with van der Waals surface area (Å²) in [6.07, 6.45) is -0.324. The molecule has 0 aliphatic heterocycles. The molecule has 0 saturated heterocycles. The topological polar surface area (TPSA) is 88.3 Å². The van der Waals surface area contributed by atoms with Crippen molar-refractivity contribution in [1.29, 1.82) is 0 Å². The van der Waals surface area contributed by atoms with Gasteiger partial charge in [-0.2, -0.15) is 0 Å². The summed E-state index contributed by atoms with van der Waals surface area (Å²) in [6, 6.07) is 15.5. The number of hydrogen-bond acceptors (Lipinski definition) is 5. The van der Waals surface area contributed by atoms with Gasteiger partial charge in [0.25, 0.3) is 21.5 Å². The molecule has 5 rings (SSSR count). The van der Waals surface area contributed by atoms with E-state index in [1.54, 1.807) is 24.3 Å². The third kappa shape index (κ3) is 4.91. The average molecular weight is 535 g/mol. The maximum atomic E-state index is 14.7. The molecule has 2 atom stereocenters. The SMILES string of the molecule is O=c1[nH]ccc2cc(F)c(NS(=O)(=O)c3ccc(C4CC(OCc5ccccc5)C(F)(F)C4)s3)cc12. The molecule has 11 heteroatoms. The number of aromatic amines is 1. The van der Waals surface area contributed by atoms with E-state index in [9.17, 15) is 26.4 Å². The molecule has 1 aliphatic rings. The molecule has 0 amide bonds. The van der Waals surface area contributed by atoms with E-state index in [2.05, 4.69) is 9.71 Å². The first-order chi connectivity index (χ1) is 17.1. The van der Waals surface area contributed by atoms with Gasteiger partial charge in [-0.15, -0.1) is 11.3 Å². The van der Waals surface area contributed by atoms with E-state index in [-0.39, 0.29) is 28.3 Å². The third-order valence-electron chi connectivity index (χ3n) is 6.16. The summed E-state index contributed by atoms with van der Waals surface area (Å²) in [4.78, 5) is 14.9. The Morgan fingerprint density at radius 1 is 1.11 bits per heavy atom. The smallest absolute Gasteiger partial charge is 0.274 e. The van der Waals surface area contributed by atoms with E-state index in [4.69, 9.17) is 4.74 Å². The molecule has 1 saturated carbocycles. The van der Waals surface area contributed by atoms with Gasteiger partial charge in [-0.05, 0) is 47.7 Å². The van der Waals surface area contributed by atoms with Crippen LogP contribution in [0.2, 0.25) is 0 Å². The second-order valence-corrected chi connectivity index (χ2v) is 11.7. The third-order valence-corrected chi connectivity index (χ3v) is 9.26. The van der Waals surface area contributed by atoms with Crippen LogP contribution in [-0.4, -0.2) is 25.4 Å². The summed E-state index contributed by atoms with van der Waals surface area (Å²) in [5.74, 6) is -4.48. The molecular weight excluding hydrogens is 513 g/mol. The highest BCUT2D eigenvalue weighted by Crippen LogP contribution is 2.48. The molecule has 0 bridgehead atoms. The Balaban J connectivity index is 1.32. The first-order valence-corrected chi connectivity index (χ1v) is 13.4. The number of thiophene rings is 1. The number of rotatable bonds is 7. The van der Waals surface area contributed by atoms with E-state index in [0.29, 0.717) is 10.3 Å². The second kappa shape index (κ2) is 9.38. The van der Waals surface area contributed by atoms with Crippen molar-refractivity contribution >= 4 is 37.8 Å². The first-order valence-electron chi connectivity index (χ1n) is 11.1. The fraction of sp³-hybridized carbons (Fsp3) is 0.240. The Morgan fingerprint density at radius 2 is 1.89 bits per heavy atom. The van der Waals surface area contributed by atoms with Gasteiger partial charge in [0.1, 0.15) is 16.1 Å². The Labute approximate surface area is 208 Å². The molecule has 1 aliphatic carbocycles. The average Bonchev–Trinajstić information content (AvgIpc) is 3.44. The van der Waals surface area contributed by atoms with Gasteiger partial charge in [-0.25, -0.2) is 21.6 Å². The van der Waals surface area contributed by atoms with E-state index in [0.717, 1.165) is 29.0 Å². The minimum Gasteiger partial charge on any atom is -0.367 e. The molecule has 0 spiro atoms. The van der Waals surface area contributed by atoms with Gasteiger partial charge in [0.05, 0.1) is 12.3 Å². The van der Waals surface area contributed by atoms with Gasteiger partial charge in [-0.3, -0.25) is 9.52 Å². The summed E-state index contributed by atoms with van der Waals surface area (Å²) in [6.45, 7) is 0.0575. The van der Waals surface area contributed by atoms with Crippen molar-refractivity contribution in [2.45, 2.75) is 41.6 Å². The monoisotopic (exact) mass is 534 g/mol. The van der Waals surface area contributed by atoms with Gasteiger partial charge in [-0.1, -0.05) is 30.3 Å². The largest absolute Gasteiger partial charge is 0.367 e. The molecule has 2 aromatic heterocycles. The number of nitrogens with one attached hydrogen (secondary N) is 2. The molecule has 6 nitrogen and oxygen atoms in total. The molecule has 188 valence electrons. The molecule has 4 aromatic rings. The summed E-state index contributed by atoms with van der Waals surface area (Å²) in [7, 11) is -4.22. The van der Waals surface area contributed by atoms with Crippen molar-refractivity contribution in [1.82, 2.24) is 4.98 Å². The number of hydrogen-bond donors (Lipinski definition) is 2. The lowest BCUT2D eigenvalue weighted by atomic mass is 10.1. The van der Waals surface area contributed by atoms with Gasteiger partial charge < -0.3 is 9.72 Å². The molecule has 2 aromatic carbocycles. The molecule has 2 unspecified atom stereocenters. The minimum atomic E-state index is -4.22. The summed E-state index contributed by atoms with van der Waals surface area (Å²) in [5.41, 5.74) is -0.0799. The molecule has 36 heavy (non-hydrogen) atoms. The normalized spacial score (nSPS) is 19.5. The van der Waals surface area contributed by atoms with Crippen LogP contribution in [0.15, 0.2) is 75.9 Å². The number of ether oxygens (including phenoxy) is 1. The zero-order valence-corrected chi connectivity index (χ0v) is 20.3. The van der Waals surface area contributed by atoms with Gasteiger partial charge in [0.15, 0.2) is 0 Å². The van der Waals surface area contributed by atoms with Crippen molar-refractivity contribution in [3.8, 4) is 0 Å². The van der Waals surface area contributed by atoms with E-state index >= 15 is 0 Å². The predicted octanol–water partition coefficient (Wildman–Crippen LogP) is 5.63. The van der Waals surface area contributed by atoms with Crippen LogP contribution >= 0.6 is 11.3 Å². The number of anilines is 1. The highest BCUT2D eigenvalue weighted by atomic mass is 32.2. The number of alkyl halides is 2. The number of benzene rings is 2. The fourth-order valence-electron chi connectivity index (χ4n) is 4.33. The van der Waals surface area contributed by atoms with Gasteiger partial charge in [0.2, 0.25) is 0 Å². The zero-order valence-electron chi connectivity index (χ0n) is 18.7. The molecule has 2 heterocycles. The molecule has 2 N–H and O–H groups in total. The van der Waals surface area contributed by atoms with E-state index in [1.165, 1.54) is 24.4 Å². The number of halogens is 3. The quantitative estimate of drug-likeness (QED) is 0.322. The Kier molecular flexibility index (Phi) is 6.39. The van der Waals surface area contributed by atoms with Crippen LogP contribution in [0.3, 0.4) is 0 Å². The summed E-state index contributed by atoms with van der Waals surface area (Å²) < 4.78 is 77.3. The Morgan fingerprint density at radius 3 is 2.67 bits per heavy atom. The van der Waals surface area contributed by atoms with Crippen LogP contribution in [0.5, 0.6) is 0 Å². The van der Waals surface area contributed by atoms with Crippen molar-refractivity contribution in [2.24, 2.45) is 0 Å². The summed E-state index contributed by atoms with van der Waals surface area (Å²) >= 11 is 0.857. The second-order valence-electron chi connectivity index (χ2n) is 8.67. The van der Waals surface area contributed by atoms with Crippen LogP contribution in [0, 0.1) is 5.82 Å². The van der Waals surface area contributed by atoms with Crippen LogP contribution in [0.4, 0.5) is 18.9 Å². The molecule has 0 radical (unpaired) electrons. The highest BCUT2D eigenvalue weighted by Gasteiger charge is 2.50. The van der Waals surface area contributed by atoms with Crippen LogP contribution in [-0.2, 0) is 21.4 Å². The zero-order chi connectivity index (χ0) is 25.5. The summed E-state index contributed by atoms with van der Waals surface area (Å²) in [5, 5.41) is 0.446.